The van der Waals surface area contributed by atoms with Gasteiger partial charge in [0.2, 0.25) is 5.91 Å². The Kier molecular flexibility index (Phi) is 6.10. The van der Waals surface area contributed by atoms with Crippen LogP contribution in [0, 0.1) is 5.92 Å². The van der Waals surface area contributed by atoms with Crippen molar-refractivity contribution in [1.82, 2.24) is 4.90 Å². The second kappa shape index (κ2) is 8.50. The van der Waals surface area contributed by atoms with E-state index in [1.54, 1.807) is 25.6 Å². The monoisotopic (exact) mass is 359 g/mol. The van der Waals surface area contributed by atoms with Gasteiger partial charge in [-0.3, -0.25) is 4.79 Å². The highest BCUT2D eigenvalue weighted by molar-refractivity contribution is 7.08. The predicted octanol–water partition coefficient (Wildman–Crippen LogP) is 3.41. The number of likely N-dealkylation sites (tertiary alicyclic amines) is 1. The van der Waals surface area contributed by atoms with Crippen molar-refractivity contribution in [2.75, 3.05) is 27.3 Å². The molecular formula is C20H25NO3S. The highest BCUT2D eigenvalue weighted by atomic mass is 32.1. The van der Waals surface area contributed by atoms with Gasteiger partial charge < -0.3 is 14.4 Å². The van der Waals surface area contributed by atoms with E-state index < -0.39 is 0 Å². The molecule has 0 spiro atoms. The first kappa shape index (κ1) is 18.0. The fourth-order valence-corrected chi connectivity index (χ4v) is 4.16. The quantitative estimate of drug-likeness (QED) is 0.793. The van der Waals surface area contributed by atoms with Crippen LogP contribution in [0.15, 0.2) is 41.1 Å². The lowest BCUT2D eigenvalue weighted by Crippen LogP contribution is -2.47. The molecule has 3 rings (SSSR count). The Morgan fingerprint density at radius 2 is 2.00 bits per heavy atom. The molecule has 1 aliphatic heterocycles. The van der Waals surface area contributed by atoms with Gasteiger partial charge in [-0.25, -0.2) is 0 Å². The van der Waals surface area contributed by atoms with Gasteiger partial charge in [-0.1, -0.05) is 12.1 Å². The summed E-state index contributed by atoms with van der Waals surface area (Å²) in [6.07, 6.45) is 2.50. The smallest absolute Gasteiger partial charge is 0.227 e. The molecule has 0 radical (unpaired) electrons. The molecule has 1 aromatic carbocycles. The van der Waals surface area contributed by atoms with Crippen molar-refractivity contribution in [3.8, 4) is 5.75 Å². The standard InChI is InChI=1S/C20H25NO3S/c1-23-18-5-3-15(4-6-18)11-17-13-21(9-7-19(17)24-2)20(22)12-16-8-10-25-14-16/h3-6,8,10,14,17,19H,7,9,11-13H2,1-2H3/t17-,19-/m1/s1. The van der Waals surface area contributed by atoms with Crippen LogP contribution in [0.1, 0.15) is 17.5 Å². The van der Waals surface area contributed by atoms with Gasteiger partial charge in [0, 0.05) is 26.1 Å². The van der Waals surface area contributed by atoms with E-state index in [1.165, 1.54) is 5.56 Å². The molecule has 1 fully saturated rings. The maximum absolute atomic E-state index is 12.6. The lowest BCUT2D eigenvalue weighted by Gasteiger charge is -2.38. The molecule has 134 valence electrons. The molecule has 1 amide bonds. The van der Waals surface area contributed by atoms with Crippen molar-refractivity contribution >= 4 is 17.2 Å². The Morgan fingerprint density at radius 3 is 2.64 bits per heavy atom. The zero-order chi connectivity index (χ0) is 17.6. The molecule has 2 heterocycles. The van der Waals surface area contributed by atoms with Crippen LogP contribution in [-0.4, -0.2) is 44.2 Å². The summed E-state index contributed by atoms with van der Waals surface area (Å²) in [6, 6.07) is 10.2. The van der Waals surface area contributed by atoms with Gasteiger partial charge in [-0.05, 0) is 52.9 Å². The number of hydrogen-bond acceptors (Lipinski definition) is 4. The summed E-state index contributed by atoms with van der Waals surface area (Å²) < 4.78 is 10.9. The molecule has 2 aromatic rings. The summed E-state index contributed by atoms with van der Waals surface area (Å²) in [5, 5.41) is 4.07. The molecule has 0 unspecified atom stereocenters. The van der Waals surface area contributed by atoms with Gasteiger partial charge in [-0.15, -0.1) is 0 Å². The molecule has 2 atom stereocenters. The van der Waals surface area contributed by atoms with E-state index in [-0.39, 0.29) is 12.0 Å². The molecule has 1 saturated heterocycles. The van der Waals surface area contributed by atoms with E-state index in [1.807, 2.05) is 28.5 Å². The number of carbonyl (C=O) groups is 1. The Morgan fingerprint density at radius 1 is 1.20 bits per heavy atom. The lowest BCUT2D eigenvalue weighted by molar-refractivity contribution is -0.134. The summed E-state index contributed by atoms with van der Waals surface area (Å²) in [4.78, 5) is 14.6. The molecular weight excluding hydrogens is 334 g/mol. The van der Waals surface area contributed by atoms with E-state index in [4.69, 9.17) is 9.47 Å². The molecule has 0 bridgehead atoms. The van der Waals surface area contributed by atoms with Crippen LogP contribution in [0.25, 0.3) is 0 Å². The highest BCUT2D eigenvalue weighted by Gasteiger charge is 2.31. The normalized spacial score (nSPS) is 20.5. The molecule has 4 nitrogen and oxygen atoms in total. The van der Waals surface area contributed by atoms with Crippen molar-refractivity contribution in [3.05, 3.63) is 52.2 Å². The minimum atomic E-state index is 0.201. The van der Waals surface area contributed by atoms with Crippen molar-refractivity contribution in [1.29, 1.82) is 0 Å². The maximum Gasteiger partial charge on any atom is 0.227 e. The number of thiophene rings is 1. The van der Waals surface area contributed by atoms with E-state index in [2.05, 4.69) is 17.5 Å². The molecule has 1 aromatic heterocycles. The molecule has 1 aliphatic rings. The van der Waals surface area contributed by atoms with Crippen LogP contribution in [0.3, 0.4) is 0 Å². The third-order valence-electron chi connectivity index (χ3n) is 4.91. The van der Waals surface area contributed by atoms with Crippen molar-refractivity contribution in [3.63, 3.8) is 0 Å². The molecule has 5 heteroatoms. The first-order valence-corrected chi connectivity index (χ1v) is 9.58. The van der Waals surface area contributed by atoms with Crippen LogP contribution in [0.4, 0.5) is 0 Å². The van der Waals surface area contributed by atoms with E-state index in [0.29, 0.717) is 12.3 Å². The number of hydrogen-bond donors (Lipinski definition) is 0. The van der Waals surface area contributed by atoms with Gasteiger partial charge in [0.15, 0.2) is 0 Å². The van der Waals surface area contributed by atoms with Crippen molar-refractivity contribution < 1.29 is 14.3 Å². The number of ether oxygens (including phenoxy) is 2. The third kappa shape index (κ3) is 4.61. The largest absolute Gasteiger partial charge is 0.497 e. The lowest BCUT2D eigenvalue weighted by atomic mass is 9.88. The van der Waals surface area contributed by atoms with E-state index in [0.717, 1.165) is 37.2 Å². The number of amides is 1. The molecule has 25 heavy (non-hydrogen) atoms. The van der Waals surface area contributed by atoms with E-state index >= 15 is 0 Å². The second-order valence-corrected chi connectivity index (χ2v) is 7.30. The fraction of sp³-hybridized carbons (Fsp3) is 0.450. The average molecular weight is 359 g/mol. The van der Waals surface area contributed by atoms with Gasteiger partial charge >= 0.3 is 0 Å². The summed E-state index contributed by atoms with van der Waals surface area (Å²) >= 11 is 1.64. The third-order valence-corrected chi connectivity index (χ3v) is 5.64. The Bertz CT molecular complexity index is 669. The zero-order valence-corrected chi connectivity index (χ0v) is 15.6. The summed E-state index contributed by atoms with van der Waals surface area (Å²) in [7, 11) is 3.45. The molecule has 0 aliphatic carbocycles. The minimum absolute atomic E-state index is 0.201. The maximum atomic E-state index is 12.6. The fourth-order valence-electron chi connectivity index (χ4n) is 3.49. The van der Waals surface area contributed by atoms with Crippen LogP contribution in [-0.2, 0) is 22.4 Å². The molecule has 0 saturated carbocycles. The Labute approximate surface area is 153 Å². The zero-order valence-electron chi connectivity index (χ0n) is 14.8. The van der Waals surface area contributed by atoms with Crippen LogP contribution in [0.5, 0.6) is 5.75 Å². The first-order valence-electron chi connectivity index (χ1n) is 8.64. The second-order valence-electron chi connectivity index (χ2n) is 6.52. The number of carbonyl (C=O) groups excluding carboxylic acids is 1. The number of methoxy groups -OCH3 is 2. The van der Waals surface area contributed by atoms with Gasteiger partial charge in [0.05, 0.1) is 19.6 Å². The number of nitrogens with zero attached hydrogens (tertiary/aromatic N) is 1. The van der Waals surface area contributed by atoms with Crippen molar-refractivity contribution in [2.24, 2.45) is 5.92 Å². The Hall–Kier alpha value is -1.85. The van der Waals surface area contributed by atoms with Crippen LogP contribution >= 0.6 is 11.3 Å². The number of piperidine rings is 1. The minimum Gasteiger partial charge on any atom is -0.497 e. The van der Waals surface area contributed by atoms with Crippen molar-refractivity contribution in [2.45, 2.75) is 25.4 Å². The Balaban J connectivity index is 1.64. The number of benzene rings is 1. The predicted molar refractivity (Wildman–Crippen MR) is 100 cm³/mol. The average Bonchev–Trinajstić information content (AvgIpc) is 3.15. The number of rotatable bonds is 6. The molecule has 0 N–H and O–H groups in total. The van der Waals surface area contributed by atoms with Gasteiger partial charge in [0.1, 0.15) is 5.75 Å². The van der Waals surface area contributed by atoms with Gasteiger partial charge in [-0.2, -0.15) is 11.3 Å². The first-order chi connectivity index (χ1) is 12.2. The van der Waals surface area contributed by atoms with Crippen LogP contribution < -0.4 is 4.74 Å². The topological polar surface area (TPSA) is 38.8 Å². The SMILES string of the molecule is COc1ccc(C[C@@H]2CN(C(=O)Cc3ccsc3)CC[C@H]2OC)cc1. The summed E-state index contributed by atoms with van der Waals surface area (Å²) in [5.41, 5.74) is 2.36. The summed E-state index contributed by atoms with van der Waals surface area (Å²) in [5.74, 6) is 1.40. The van der Waals surface area contributed by atoms with Crippen LogP contribution in [0.2, 0.25) is 0 Å². The summed E-state index contributed by atoms with van der Waals surface area (Å²) in [6.45, 7) is 1.54. The van der Waals surface area contributed by atoms with E-state index in [9.17, 15) is 4.79 Å². The van der Waals surface area contributed by atoms with Gasteiger partial charge in [0.25, 0.3) is 0 Å². The highest BCUT2D eigenvalue weighted by Crippen LogP contribution is 2.25.